The number of carbonyl (C=O) groups is 1. The van der Waals surface area contributed by atoms with Gasteiger partial charge in [0.15, 0.2) is 5.76 Å². The predicted octanol–water partition coefficient (Wildman–Crippen LogP) is 4.66. The van der Waals surface area contributed by atoms with Crippen LogP contribution in [0.2, 0.25) is 0 Å². The molecule has 3 rings (SSSR count). The number of nitrogens with zero attached hydrogens (tertiary/aromatic N) is 1. The number of hydrogen-bond acceptors (Lipinski definition) is 3. The van der Waals surface area contributed by atoms with Gasteiger partial charge in [-0.2, -0.15) is 0 Å². The summed E-state index contributed by atoms with van der Waals surface area (Å²) in [5.74, 6) is 0.394. The quantitative estimate of drug-likeness (QED) is 0.741. The van der Waals surface area contributed by atoms with Gasteiger partial charge in [-0.3, -0.25) is 4.79 Å². The molecule has 0 saturated carbocycles. The highest BCUT2D eigenvalue weighted by Gasteiger charge is 2.15. The molecular formula is C17H13BrN2O2. The van der Waals surface area contributed by atoms with Crippen molar-refractivity contribution in [2.24, 2.45) is 0 Å². The number of carbonyl (C=O) groups excluding carboxylic acids is 1. The van der Waals surface area contributed by atoms with Crippen molar-refractivity contribution in [2.75, 3.05) is 5.32 Å². The molecule has 0 saturated heterocycles. The van der Waals surface area contributed by atoms with Gasteiger partial charge in [-0.05, 0) is 37.3 Å². The fraction of sp³-hybridized carbons (Fsp3) is 0.0588. The van der Waals surface area contributed by atoms with Gasteiger partial charge in [0, 0.05) is 21.8 Å². The number of nitrogens with one attached hydrogen (secondary N) is 1. The minimum absolute atomic E-state index is 0.188. The summed E-state index contributed by atoms with van der Waals surface area (Å²) in [5, 5.41) is 6.76. The van der Waals surface area contributed by atoms with E-state index in [1.165, 1.54) is 0 Å². The molecule has 2 aromatic carbocycles. The summed E-state index contributed by atoms with van der Waals surface area (Å²) in [6, 6.07) is 16.5. The van der Waals surface area contributed by atoms with Crippen molar-refractivity contribution in [3.05, 3.63) is 70.3 Å². The highest BCUT2D eigenvalue weighted by Crippen LogP contribution is 2.25. The average molecular weight is 357 g/mol. The Hall–Kier alpha value is -2.40. The molecule has 110 valence electrons. The lowest BCUT2D eigenvalue weighted by Crippen LogP contribution is -2.12. The molecule has 0 fully saturated rings. The van der Waals surface area contributed by atoms with Gasteiger partial charge in [0.2, 0.25) is 0 Å². The number of aromatic nitrogens is 1. The fourth-order valence-electron chi connectivity index (χ4n) is 2.12. The van der Waals surface area contributed by atoms with Crippen LogP contribution >= 0.6 is 15.9 Å². The first-order valence-corrected chi connectivity index (χ1v) is 7.52. The molecule has 0 aliphatic carbocycles. The van der Waals surface area contributed by atoms with E-state index in [0.717, 1.165) is 21.4 Å². The van der Waals surface area contributed by atoms with E-state index >= 15 is 0 Å². The SMILES string of the molecule is Cc1cc(-c2ccccc2C(=O)Nc2ccc(Br)cc2)on1. The largest absolute Gasteiger partial charge is 0.356 e. The van der Waals surface area contributed by atoms with Crippen molar-refractivity contribution in [1.82, 2.24) is 5.16 Å². The molecule has 0 aliphatic rings. The van der Waals surface area contributed by atoms with Gasteiger partial charge in [-0.1, -0.05) is 39.3 Å². The van der Waals surface area contributed by atoms with Crippen molar-refractivity contribution in [1.29, 1.82) is 0 Å². The second-order valence-corrected chi connectivity index (χ2v) is 5.75. The molecule has 22 heavy (non-hydrogen) atoms. The Bertz CT molecular complexity index is 810. The van der Waals surface area contributed by atoms with E-state index in [0.29, 0.717) is 11.3 Å². The van der Waals surface area contributed by atoms with Crippen LogP contribution in [0.25, 0.3) is 11.3 Å². The van der Waals surface area contributed by atoms with Crippen molar-refractivity contribution >= 4 is 27.5 Å². The van der Waals surface area contributed by atoms with E-state index in [4.69, 9.17) is 4.52 Å². The van der Waals surface area contributed by atoms with E-state index in [9.17, 15) is 4.79 Å². The molecule has 0 aliphatic heterocycles. The molecular weight excluding hydrogens is 344 g/mol. The maximum Gasteiger partial charge on any atom is 0.256 e. The van der Waals surface area contributed by atoms with Crippen molar-refractivity contribution in [2.45, 2.75) is 6.92 Å². The van der Waals surface area contributed by atoms with Gasteiger partial charge < -0.3 is 9.84 Å². The monoisotopic (exact) mass is 356 g/mol. The number of rotatable bonds is 3. The smallest absolute Gasteiger partial charge is 0.256 e. The standard InChI is InChI=1S/C17H13BrN2O2/c1-11-10-16(22-20-11)14-4-2-3-5-15(14)17(21)19-13-8-6-12(18)7-9-13/h2-10H,1H3,(H,19,21). The molecule has 1 heterocycles. The first kappa shape index (κ1) is 14.5. The first-order chi connectivity index (χ1) is 10.6. The first-order valence-electron chi connectivity index (χ1n) is 6.73. The van der Waals surface area contributed by atoms with E-state index in [-0.39, 0.29) is 5.91 Å². The summed E-state index contributed by atoms with van der Waals surface area (Å²) < 4.78 is 6.23. The van der Waals surface area contributed by atoms with Gasteiger partial charge in [0.1, 0.15) is 0 Å². The van der Waals surface area contributed by atoms with Crippen LogP contribution < -0.4 is 5.32 Å². The van der Waals surface area contributed by atoms with Crippen LogP contribution in [0.3, 0.4) is 0 Å². The number of halogens is 1. The van der Waals surface area contributed by atoms with E-state index < -0.39 is 0 Å². The lowest BCUT2D eigenvalue weighted by molar-refractivity contribution is 0.102. The van der Waals surface area contributed by atoms with Crippen LogP contribution in [-0.2, 0) is 0 Å². The molecule has 5 heteroatoms. The third-order valence-electron chi connectivity index (χ3n) is 3.17. The van der Waals surface area contributed by atoms with E-state index in [2.05, 4.69) is 26.4 Å². The summed E-state index contributed by atoms with van der Waals surface area (Å²) in [4.78, 5) is 12.5. The molecule has 0 spiro atoms. The van der Waals surface area contributed by atoms with Crippen LogP contribution in [-0.4, -0.2) is 11.1 Å². The van der Waals surface area contributed by atoms with Gasteiger partial charge >= 0.3 is 0 Å². The fourth-order valence-corrected chi connectivity index (χ4v) is 2.38. The average Bonchev–Trinajstić information content (AvgIpc) is 2.96. The zero-order valence-electron chi connectivity index (χ0n) is 11.8. The number of aryl methyl sites for hydroxylation is 1. The topological polar surface area (TPSA) is 55.1 Å². The van der Waals surface area contributed by atoms with Crippen LogP contribution in [0.15, 0.2) is 63.6 Å². The second kappa shape index (κ2) is 6.15. The normalized spacial score (nSPS) is 10.5. The lowest BCUT2D eigenvalue weighted by Gasteiger charge is -2.08. The third-order valence-corrected chi connectivity index (χ3v) is 3.70. The molecule has 1 N–H and O–H groups in total. The summed E-state index contributed by atoms with van der Waals surface area (Å²) in [6.45, 7) is 1.84. The van der Waals surface area contributed by atoms with Gasteiger partial charge in [-0.25, -0.2) is 0 Å². The van der Waals surface area contributed by atoms with E-state index in [1.807, 2.05) is 55.5 Å². The zero-order chi connectivity index (χ0) is 15.5. The van der Waals surface area contributed by atoms with Crippen molar-refractivity contribution in [3.8, 4) is 11.3 Å². The molecule has 1 aromatic heterocycles. The van der Waals surface area contributed by atoms with Crippen LogP contribution in [0.5, 0.6) is 0 Å². The predicted molar refractivity (Wildman–Crippen MR) is 88.8 cm³/mol. The van der Waals surface area contributed by atoms with Crippen molar-refractivity contribution in [3.63, 3.8) is 0 Å². The minimum atomic E-state index is -0.188. The van der Waals surface area contributed by atoms with E-state index in [1.54, 1.807) is 6.07 Å². The van der Waals surface area contributed by atoms with Crippen LogP contribution in [0.1, 0.15) is 16.1 Å². The molecule has 0 atom stereocenters. The van der Waals surface area contributed by atoms with Crippen molar-refractivity contribution < 1.29 is 9.32 Å². The Morgan fingerprint density at radius 3 is 2.55 bits per heavy atom. The number of hydrogen-bond donors (Lipinski definition) is 1. The summed E-state index contributed by atoms with van der Waals surface area (Å²) in [6.07, 6.45) is 0. The number of anilines is 1. The molecule has 3 aromatic rings. The molecule has 0 bridgehead atoms. The van der Waals surface area contributed by atoms with Crippen LogP contribution in [0, 0.1) is 6.92 Å². The minimum Gasteiger partial charge on any atom is -0.356 e. The second-order valence-electron chi connectivity index (χ2n) is 4.84. The summed E-state index contributed by atoms with van der Waals surface area (Å²) in [7, 11) is 0. The number of benzene rings is 2. The summed E-state index contributed by atoms with van der Waals surface area (Å²) in [5.41, 5.74) is 2.77. The highest BCUT2D eigenvalue weighted by atomic mass is 79.9. The Morgan fingerprint density at radius 1 is 1.14 bits per heavy atom. The molecule has 1 amide bonds. The Labute approximate surface area is 136 Å². The Kier molecular flexibility index (Phi) is 4.06. The molecule has 0 unspecified atom stereocenters. The summed E-state index contributed by atoms with van der Waals surface area (Å²) >= 11 is 3.37. The zero-order valence-corrected chi connectivity index (χ0v) is 13.4. The molecule has 0 radical (unpaired) electrons. The lowest BCUT2D eigenvalue weighted by atomic mass is 10.0. The Morgan fingerprint density at radius 2 is 1.86 bits per heavy atom. The maximum absolute atomic E-state index is 12.5. The number of amides is 1. The van der Waals surface area contributed by atoms with Gasteiger partial charge in [0.05, 0.1) is 11.3 Å². The third kappa shape index (κ3) is 3.09. The Balaban J connectivity index is 1.91. The molecule has 4 nitrogen and oxygen atoms in total. The van der Waals surface area contributed by atoms with Crippen LogP contribution in [0.4, 0.5) is 5.69 Å². The highest BCUT2D eigenvalue weighted by molar-refractivity contribution is 9.10. The maximum atomic E-state index is 12.5. The van der Waals surface area contributed by atoms with Gasteiger partial charge in [-0.15, -0.1) is 0 Å². The van der Waals surface area contributed by atoms with Gasteiger partial charge in [0.25, 0.3) is 5.91 Å².